The van der Waals surface area contributed by atoms with Crippen LogP contribution in [-0.4, -0.2) is 47.8 Å². The number of carbonyl (C=O) groups excluding carboxylic acids is 3. The fraction of sp³-hybridized carbons (Fsp3) is 0.786. The normalized spacial score (nSPS) is 18.5. The van der Waals surface area contributed by atoms with Crippen molar-refractivity contribution in [3.05, 3.63) is 0 Å². The Morgan fingerprint density at radius 2 is 2.18 bits per heavy atom. The molecule has 126 valence electrons. The van der Waals surface area contributed by atoms with Gasteiger partial charge in [-0.05, 0) is 19.3 Å². The van der Waals surface area contributed by atoms with E-state index >= 15 is 0 Å². The van der Waals surface area contributed by atoms with E-state index in [1.54, 1.807) is 0 Å². The Hall–Kier alpha value is -1.67. The number of hydrazine groups is 1. The van der Waals surface area contributed by atoms with E-state index in [1.807, 2.05) is 6.92 Å². The SMILES string of the molecule is CCCCC[C@H](CN(O)C=O)C(=O)NNC(=O)[C@@H]1CCCO1. The number of carbonyl (C=O) groups is 3. The largest absolute Gasteiger partial charge is 0.368 e. The van der Waals surface area contributed by atoms with Crippen LogP contribution >= 0.6 is 0 Å². The van der Waals surface area contributed by atoms with Crippen LogP contribution in [0.3, 0.4) is 0 Å². The van der Waals surface area contributed by atoms with Gasteiger partial charge in [0.2, 0.25) is 12.3 Å². The lowest BCUT2D eigenvalue weighted by molar-refractivity contribution is -0.155. The highest BCUT2D eigenvalue weighted by atomic mass is 16.5. The molecule has 0 bridgehead atoms. The van der Waals surface area contributed by atoms with Crippen LogP contribution in [0, 0.1) is 5.92 Å². The number of nitrogens with one attached hydrogen (secondary N) is 2. The average Bonchev–Trinajstić information content (AvgIpc) is 3.05. The molecule has 8 nitrogen and oxygen atoms in total. The molecule has 0 aromatic heterocycles. The molecular weight excluding hydrogens is 290 g/mol. The van der Waals surface area contributed by atoms with Gasteiger partial charge in [-0.25, -0.2) is 5.06 Å². The molecule has 8 heteroatoms. The molecule has 0 aromatic carbocycles. The molecule has 0 spiro atoms. The molecule has 3 N–H and O–H groups in total. The van der Waals surface area contributed by atoms with E-state index in [0.29, 0.717) is 24.5 Å². The average molecular weight is 315 g/mol. The minimum Gasteiger partial charge on any atom is -0.368 e. The lowest BCUT2D eigenvalue weighted by Crippen LogP contribution is -2.49. The molecule has 2 atom stereocenters. The van der Waals surface area contributed by atoms with Gasteiger partial charge in [-0.1, -0.05) is 26.2 Å². The van der Waals surface area contributed by atoms with Gasteiger partial charge in [0.15, 0.2) is 0 Å². The van der Waals surface area contributed by atoms with Crippen LogP contribution in [0.2, 0.25) is 0 Å². The van der Waals surface area contributed by atoms with Gasteiger partial charge < -0.3 is 4.74 Å². The summed E-state index contributed by atoms with van der Waals surface area (Å²) in [6, 6.07) is 0. The summed E-state index contributed by atoms with van der Waals surface area (Å²) in [6.07, 6.45) is 4.48. The molecule has 22 heavy (non-hydrogen) atoms. The summed E-state index contributed by atoms with van der Waals surface area (Å²) in [5.41, 5.74) is 4.68. The van der Waals surface area contributed by atoms with E-state index in [9.17, 15) is 19.6 Å². The topological polar surface area (TPSA) is 108 Å². The zero-order valence-corrected chi connectivity index (χ0v) is 12.9. The molecule has 0 aliphatic carbocycles. The van der Waals surface area contributed by atoms with Gasteiger partial charge in [0.1, 0.15) is 6.10 Å². The number of hydrogen-bond acceptors (Lipinski definition) is 5. The van der Waals surface area contributed by atoms with Crippen LogP contribution in [0.25, 0.3) is 0 Å². The third kappa shape index (κ3) is 6.40. The summed E-state index contributed by atoms with van der Waals surface area (Å²) < 4.78 is 5.21. The number of hydrogen-bond donors (Lipinski definition) is 3. The molecule has 1 rings (SSSR count). The van der Waals surface area contributed by atoms with Crippen molar-refractivity contribution in [2.24, 2.45) is 5.92 Å². The van der Waals surface area contributed by atoms with E-state index < -0.39 is 17.9 Å². The third-order valence-electron chi connectivity index (χ3n) is 3.59. The first kappa shape index (κ1) is 18.4. The van der Waals surface area contributed by atoms with E-state index in [-0.39, 0.29) is 18.9 Å². The first-order chi connectivity index (χ1) is 10.6. The summed E-state index contributed by atoms with van der Waals surface area (Å²) in [5, 5.41) is 9.70. The molecule has 1 saturated heterocycles. The Morgan fingerprint density at radius 1 is 1.41 bits per heavy atom. The number of amides is 3. The highest BCUT2D eigenvalue weighted by Gasteiger charge is 2.25. The van der Waals surface area contributed by atoms with Gasteiger partial charge in [-0.2, -0.15) is 0 Å². The van der Waals surface area contributed by atoms with Gasteiger partial charge in [0, 0.05) is 6.61 Å². The first-order valence-corrected chi connectivity index (χ1v) is 7.70. The Balaban J connectivity index is 2.42. The van der Waals surface area contributed by atoms with E-state index in [2.05, 4.69) is 10.9 Å². The van der Waals surface area contributed by atoms with Crippen molar-refractivity contribution in [3.8, 4) is 0 Å². The van der Waals surface area contributed by atoms with Crippen molar-refractivity contribution in [1.29, 1.82) is 0 Å². The quantitative estimate of drug-likeness (QED) is 0.246. The molecule has 0 unspecified atom stereocenters. The van der Waals surface area contributed by atoms with Gasteiger partial charge in [0.25, 0.3) is 5.91 Å². The number of hydroxylamine groups is 2. The van der Waals surface area contributed by atoms with Crippen LogP contribution in [0.15, 0.2) is 0 Å². The Bertz CT molecular complexity index is 371. The molecule has 1 fully saturated rings. The van der Waals surface area contributed by atoms with Crippen LogP contribution in [0.4, 0.5) is 0 Å². The smallest absolute Gasteiger partial charge is 0.267 e. The van der Waals surface area contributed by atoms with E-state index in [0.717, 1.165) is 25.7 Å². The molecule has 1 aliphatic heterocycles. The van der Waals surface area contributed by atoms with Crippen LogP contribution in [0.5, 0.6) is 0 Å². The maximum atomic E-state index is 12.1. The zero-order chi connectivity index (χ0) is 16.4. The minimum atomic E-state index is -0.577. The van der Waals surface area contributed by atoms with Gasteiger partial charge >= 0.3 is 0 Å². The Labute approximate surface area is 130 Å². The Morgan fingerprint density at radius 3 is 2.77 bits per heavy atom. The van der Waals surface area contributed by atoms with Gasteiger partial charge in [0.05, 0.1) is 12.5 Å². The van der Waals surface area contributed by atoms with Crippen molar-refractivity contribution < 1.29 is 24.3 Å². The standard InChI is InChI=1S/C14H25N3O5/c1-2-3-4-6-11(9-17(21)10-18)13(19)15-16-14(20)12-7-5-8-22-12/h10-12,21H,2-9H2,1H3,(H,15,19)(H,16,20)/t11-,12+/m1/s1. The predicted molar refractivity (Wildman–Crippen MR) is 77.4 cm³/mol. The number of nitrogens with zero attached hydrogens (tertiary/aromatic N) is 1. The second-order valence-corrected chi connectivity index (χ2v) is 5.40. The molecule has 1 aliphatic rings. The summed E-state index contributed by atoms with van der Waals surface area (Å²) in [4.78, 5) is 34.3. The second-order valence-electron chi connectivity index (χ2n) is 5.40. The van der Waals surface area contributed by atoms with E-state index in [1.165, 1.54) is 0 Å². The summed E-state index contributed by atoms with van der Waals surface area (Å²) in [5.74, 6) is -1.38. The van der Waals surface area contributed by atoms with Crippen molar-refractivity contribution in [1.82, 2.24) is 15.9 Å². The van der Waals surface area contributed by atoms with Gasteiger partial charge in [-0.3, -0.25) is 30.4 Å². The fourth-order valence-electron chi connectivity index (χ4n) is 2.31. The lowest BCUT2D eigenvalue weighted by Gasteiger charge is -2.20. The highest BCUT2D eigenvalue weighted by molar-refractivity contribution is 5.85. The summed E-state index contributed by atoms with van der Waals surface area (Å²) in [6.45, 7) is 2.49. The Kier molecular flexibility index (Phi) is 8.46. The molecule has 1 heterocycles. The summed E-state index contributed by atoms with van der Waals surface area (Å²) >= 11 is 0. The summed E-state index contributed by atoms with van der Waals surface area (Å²) in [7, 11) is 0. The van der Waals surface area contributed by atoms with Crippen molar-refractivity contribution in [2.75, 3.05) is 13.2 Å². The van der Waals surface area contributed by atoms with Crippen LogP contribution in [0.1, 0.15) is 45.4 Å². The third-order valence-corrected chi connectivity index (χ3v) is 3.59. The van der Waals surface area contributed by atoms with Crippen molar-refractivity contribution in [3.63, 3.8) is 0 Å². The van der Waals surface area contributed by atoms with Crippen molar-refractivity contribution in [2.45, 2.75) is 51.6 Å². The van der Waals surface area contributed by atoms with Crippen molar-refractivity contribution >= 4 is 18.2 Å². The molecule has 0 saturated carbocycles. The maximum absolute atomic E-state index is 12.1. The fourth-order valence-corrected chi connectivity index (χ4v) is 2.31. The number of rotatable bonds is 9. The highest BCUT2D eigenvalue weighted by Crippen LogP contribution is 2.12. The molecule has 0 aromatic rings. The molecular formula is C14H25N3O5. The van der Waals surface area contributed by atoms with Crippen LogP contribution < -0.4 is 10.9 Å². The monoisotopic (exact) mass is 315 g/mol. The van der Waals surface area contributed by atoms with E-state index in [4.69, 9.17) is 4.74 Å². The maximum Gasteiger partial charge on any atom is 0.267 e. The second kappa shape index (κ2) is 10.1. The molecule has 3 amide bonds. The minimum absolute atomic E-state index is 0.102. The zero-order valence-electron chi connectivity index (χ0n) is 12.9. The molecule has 0 radical (unpaired) electrons. The number of ether oxygens (including phenoxy) is 1. The predicted octanol–water partition coefficient (Wildman–Crippen LogP) is 0.357. The number of unbranched alkanes of at least 4 members (excludes halogenated alkanes) is 2. The first-order valence-electron chi connectivity index (χ1n) is 7.70. The lowest BCUT2D eigenvalue weighted by atomic mass is 10.0. The van der Waals surface area contributed by atoms with Gasteiger partial charge in [-0.15, -0.1) is 0 Å². The van der Waals surface area contributed by atoms with Crippen LogP contribution in [-0.2, 0) is 19.1 Å².